The van der Waals surface area contributed by atoms with Crippen molar-refractivity contribution in [2.45, 2.75) is 13.0 Å². The summed E-state index contributed by atoms with van der Waals surface area (Å²) in [4.78, 5) is 12.7. The number of morpholine rings is 1. The molecule has 0 aromatic heterocycles. The number of aromatic carboxylic acids is 1. The lowest BCUT2D eigenvalue weighted by Crippen LogP contribution is -2.41. The summed E-state index contributed by atoms with van der Waals surface area (Å²) in [7, 11) is 0. The Kier molecular flexibility index (Phi) is 3.38. The van der Waals surface area contributed by atoms with E-state index in [2.05, 4.69) is 0 Å². The summed E-state index contributed by atoms with van der Waals surface area (Å²) in [6.07, 6.45) is 0.0420. The lowest BCUT2D eigenvalue weighted by Gasteiger charge is -2.33. The molecule has 3 N–H and O–H groups in total. The molecule has 0 bridgehead atoms. The molecule has 1 fully saturated rings. The topological polar surface area (TPSA) is 75.8 Å². The van der Waals surface area contributed by atoms with Gasteiger partial charge in [0, 0.05) is 19.2 Å². The van der Waals surface area contributed by atoms with Gasteiger partial charge in [0.2, 0.25) is 0 Å². The first-order valence-corrected chi connectivity index (χ1v) is 5.68. The highest BCUT2D eigenvalue weighted by molar-refractivity contribution is 5.91. The maximum absolute atomic E-state index is 13.6. The maximum atomic E-state index is 13.6. The second-order valence-corrected chi connectivity index (χ2v) is 4.32. The average Bonchev–Trinajstić information content (AvgIpc) is 2.31. The third-order valence-corrected chi connectivity index (χ3v) is 2.93. The molecule has 1 aromatic carbocycles. The first-order chi connectivity index (χ1) is 8.49. The van der Waals surface area contributed by atoms with E-state index in [4.69, 9.17) is 15.6 Å². The summed E-state index contributed by atoms with van der Waals surface area (Å²) in [5.74, 6) is -2.09. The fourth-order valence-corrected chi connectivity index (χ4v) is 2.05. The van der Waals surface area contributed by atoms with Crippen LogP contribution < -0.4 is 10.6 Å². The van der Waals surface area contributed by atoms with E-state index in [9.17, 15) is 9.18 Å². The zero-order chi connectivity index (χ0) is 13.3. The van der Waals surface area contributed by atoms with Gasteiger partial charge in [-0.15, -0.1) is 0 Å². The molecule has 0 aliphatic carbocycles. The van der Waals surface area contributed by atoms with Gasteiger partial charge in [-0.3, -0.25) is 0 Å². The van der Waals surface area contributed by atoms with E-state index in [0.29, 0.717) is 25.4 Å². The van der Waals surface area contributed by atoms with Crippen LogP contribution in [0.2, 0.25) is 0 Å². The van der Waals surface area contributed by atoms with E-state index in [1.807, 2.05) is 11.8 Å². The van der Waals surface area contributed by atoms with Gasteiger partial charge in [0.05, 0.1) is 29.6 Å². The summed E-state index contributed by atoms with van der Waals surface area (Å²) in [6, 6.07) is 2.34. The standard InChI is InChI=1S/C12H15FN2O3/c1-7-6-15(2-3-18-7)11-5-9(13)8(12(16)17)4-10(11)14/h4-5,7H,2-3,6,14H2,1H3,(H,16,17). The van der Waals surface area contributed by atoms with Crippen LogP contribution in [0.15, 0.2) is 12.1 Å². The Hall–Kier alpha value is -1.82. The van der Waals surface area contributed by atoms with Crippen LogP contribution in [0.3, 0.4) is 0 Å². The van der Waals surface area contributed by atoms with Crippen LogP contribution in [-0.2, 0) is 4.74 Å². The van der Waals surface area contributed by atoms with Gasteiger partial charge < -0.3 is 20.5 Å². The minimum Gasteiger partial charge on any atom is -0.478 e. The van der Waals surface area contributed by atoms with Crippen LogP contribution in [0.25, 0.3) is 0 Å². The van der Waals surface area contributed by atoms with Gasteiger partial charge in [0.25, 0.3) is 0 Å². The number of carboxylic acid groups (broad SMARTS) is 1. The molecule has 0 saturated carbocycles. The molecule has 98 valence electrons. The van der Waals surface area contributed by atoms with Crippen molar-refractivity contribution in [2.75, 3.05) is 30.3 Å². The second kappa shape index (κ2) is 4.81. The Morgan fingerprint density at radius 1 is 1.61 bits per heavy atom. The van der Waals surface area contributed by atoms with E-state index >= 15 is 0 Å². The zero-order valence-electron chi connectivity index (χ0n) is 10.0. The number of anilines is 2. The highest BCUT2D eigenvalue weighted by Gasteiger charge is 2.21. The Labute approximate surface area is 104 Å². The van der Waals surface area contributed by atoms with Gasteiger partial charge in [0.1, 0.15) is 5.82 Å². The Balaban J connectivity index is 2.34. The molecule has 0 amide bonds. The van der Waals surface area contributed by atoms with E-state index in [0.717, 1.165) is 6.07 Å². The molecule has 6 heteroatoms. The van der Waals surface area contributed by atoms with Gasteiger partial charge in [-0.25, -0.2) is 9.18 Å². The monoisotopic (exact) mass is 254 g/mol. The molecule has 0 radical (unpaired) electrons. The van der Waals surface area contributed by atoms with Gasteiger partial charge in [-0.2, -0.15) is 0 Å². The summed E-state index contributed by atoms with van der Waals surface area (Å²) in [5, 5.41) is 8.80. The third-order valence-electron chi connectivity index (χ3n) is 2.93. The fraction of sp³-hybridized carbons (Fsp3) is 0.417. The Morgan fingerprint density at radius 3 is 2.94 bits per heavy atom. The SMILES string of the molecule is CC1CN(c2cc(F)c(C(=O)O)cc2N)CCO1. The summed E-state index contributed by atoms with van der Waals surface area (Å²) < 4.78 is 19.0. The number of benzene rings is 1. The molecule has 1 aromatic rings. The van der Waals surface area contributed by atoms with Crippen LogP contribution in [0.1, 0.15) is 17.3 Å². The predicted octanol–water partition coefficient (Wildman–Crippen LogP) is 1.33. The molecular formula is C12H15FN2O3. The minimum atomic E-state index is -1.32. The van der Waals surface area contributed by atoms with Crippen molar-refractivity contribution in [3.8, 4) is 0 Å². The van der Waals surface area contributed by atoms with Gasteiger partial charge in [-0.1, -0.05) is 0 Å². The summed E-state index contributed by atoms with van der Waals surface area (Å²) >= 11 is 0. The summed E-state index contributed by atoms with van der Waals surface area (Å²) in [5.41, 5.74) is 6.17. The number of nitrogens with zero attached hydrogens (tertiary/aromatic N) is 1. The molecule has 1 unspecified atom stereocenters. The van der Waals surface area contributed by atoms with Crippen molar-refractivity contribution >= 4 is 17.3 Å². The third kappa shape index (κ3) is 2.38. The fourth-order valence-electron chi connectivity index (χ4n) is 2.05. The first-order valence-electron chi connectivity index (χ1n) is 5.68. The number of nitrogens with two attached hydrogens (primary N) is 1. The molecule has 1 heterocycles. The van der Waals surface area contributed by atoms with Crippen molar-refractivity contribution in [3.05, 3.63) is 23.5 Å². The number of rotatable bonds is 2. The van der Waals surface area contributed by atoms with Crippen LogP contribution in [-0.4, -0.2) is 36.9 Å². The maximum Gasteiger partial charge on any atom is 0.338 e. The number of hydrogen-bond donors (Lipinski definition) is 2. The molecule has 1 atom stereocenters. The van der Waals surface area contributed by atoms with Crippen molar-refractivity contribution in [3.63, 3.8) is 0 Å². The van der Waals surface area contributed by atoms with E-state index in [1.54, 1.807) is 0 Å². The largest absolute Gasteiger partial charge is 0.478 e. The lowest BCUT2D eigenvalue weighted by molar-refractivity contribution is 0.0532. The van der Waals surface area contributed by atoms with Crippen molar-refractivity contribution in [2.24, 2.45) is 0 Å². The van der Waals surface area contributed by atoms with Crippen molar-refractivity contribution in [1.29, 1.82) is 0 Å². The number of carboxylic acids is 1. The van der Waals surface area contributed by atoms with E-state index in [1.165, 1.54) is 6.07 Å². The molecule has 1 aliphatic heterocycles. The predicted molar refractivity (Wildman–Crippen MR) is 65.4 cm³/mol. The quantitative estimate of drug-likeness (QED) is 0.779. The molecule has 18 heavy (non-hydrogen) atoms. The van der Waals surface area contributed by atoms with Crippen molar-refractivity contribution in [1.82, 2.24) is 0 Å². The molecular weight excluding hydrogens is 239 g/mol. The molecule has 1 aliphatic rings. The molecule has 5 nitrogen and oxygen atoms in total. The van der Waals surface area contributed by atoms with Gasteiger partial charge >= 0.3 is 5.97 Å². The van der Waals surface area contributed by atoms with Gasteiger partial charge in [-0.05, 0) is 13.0 Å². The average molecular weight is 254 g/mol. The summed E-state index contributed by atoms with van der Waals surface area (Å²) in [6.45, 7) is 3.68. The zero-order valence-corrected chi connectivity index (χ0v) is 10.0. The number of hydrogen-bond acceptors (Lipinski definition) is 4. The minimum absolute atomic E-state index is 0.0420. The van der Waals surface area contributed by atoms with E-state index in [-0.39, 0.29) is 11.8 Å². The first kappa shape index (κ1) is 12.6. The van der Waals surface area contributed by atoms with Gasteiger partial charge in [0.15, 0.2) is 0 Å². The molecule has 1 saturated heterocycles. The number of carbonyl (C=O) groups is 1. The number of halogens is 1. The Bertz CT molecular complexity index is 479. The second-order valence-electron chi connectivity index (χ2n) is 4.32. The smallest absolute Gasteiger partial charge is 0.338 e. The molecule has 0 spiro atoms. The van der Waals surface area contributed by atoms with Crippen LogP contribution >= 0.6 is 0 Å². The highest BCUT2D eigenvalue weighted by Crippen LogP contribution is 2.28. The highest BCUT2D eigenvalue weighted by atomic mass is 19.1. The van der Waals surface area contributed by atoms with Crippen LogP contribution in [0, 0.1) is 5.82 Å². The normalized spacial score (nSPS) is 19.9. The van der Waals surface area contributed by atoms with Crippen molar-refractivity contribution < 1.29 is 19.0 Å². The lowest BCUT2D eigenvalue weighted by atomic mass is 10.1. The molecule has 2 rings (SSSR count). The van der Waals surface area contributed by atoms with Crippen LogP contribution in [0.4, 0.5) is 15.8 Å². The Morgan fingerprint density at radius 2 is 2.33 bits per heavy atom. The van der Waals surface area contributed by atoms with E-state index < -0.39 is 17.3 Å². The number of ether oxygens (including phenoxy) is 1. The van der Waals surface area contributed by atoms with Crippen LogP contribution in [0.5, 0.6) is 0 Å². The number of nitrogen functional groups attached to an aromatic ring is 1.